The van der Waals surface area contributed by atoms with Crippen LogP contribution in [0.5, 0.6) is 11.5 Å². The summed E-state index contributed by atoms with van der Waals surface area (Å²) in [6, 6.07) is 15.0. The molecule has 1 aliphatic rings. The van der Waals surface area contributed by atoms with Crippen LogP contribution in [0.3, 0.4) is 0 Å². The molecule has 0 saturated heterocycles. The molecule has 0 radical (unpaired) electrons. The lowest BCUT2D eigenvalue weighted by atomic mass is 9.97. The molecule has 1 heterocycles. The molecule has 0 aliphatic carbocycles. The van der Waals surface area contributed by atoms with E-state index in [1.54, 1.807) is 20.3 Å². The number of rotatable bonds is 8. The fraction of sp³-hybridized carbons (Fsp3) is 0.318. The highest BCUT2D eigenvalue weighted by molar-refractivity contribution is 6.05. The number of benzene rings is 2. The van der Waals surface area contributed by atoms with Gasteiger partial charge in [0.2, 0.25) is 5.91 Å². The second kappa shape index (κ2) is 9.23. The van der Waals surface area contributed by atoms with Crippen LogP contribution in [0.4, 0.5) is 0 Å². The average Bonchev–Trinajstić information content (AvgIpc) is 3.18. The molecule has 1 atom stereocenters. The third-order valence-corrected chi connectivity index (χ3v) is 4.85. The molecular weight excluding hydrogens is 372 g/mol. The van der Waals surface area contributed by atoms with Crippen molar-refractivity contribution >= 4 is 17.6 Å². The fourth-order valence-electron chi connectivity index (χ4n) is 3.46. The lowest BCUT2D eigenvalue weighted by Crippen LogP contribution is -2.26. The molecular formula is C22H24N2O5. The van der Waals surface area contributed by atoms with Gasteiger partial charge in [-0.3, -0.25) is 9.59 Å². The number of hydrogen-bond donors (Lipinski definition) is 1. The van der Waals surface area contributed by atoms with E-state index in [0.717, 1.165) is 16.8 Å². The SMILES string of the molecule is COc1cccc(C2=NN(C(=O)CCCC(=O)O)[C@@H](c3ccccc3)C2)c1OC. The number of ether oxygens (including phenoxy) is 2. The van der Waals surface area contributed by atoms with Gasteiger partial charge in [-0.25, -0.2) is 5.01 Å². The minimum Gasteiger partial charge on any atom is -0.493 e. The Morgan fingerprint density at radius 3 is 2.48 bits per heavy atom. The highest BCUT2D eigenvalue weighted by atomic mass is 16.5. The first-order valence-electron chi connectivity index (χ1n) is 9.42. The highest BCUT2D eigenvalue weighted by Crippen LogP contribution is 2.38. The molecule has 3 rings (SSSR count). The first-order chi connectivity index (χ1) is 14.0. The van der Waals surface area contributed by atoms with Gasteiger partial charge in [-0.2, -0.15) is 5.10 Å². The summed E-state index contributed by atoms with van der Waals surface area (Å²) in [6.07, 6.45) is 0.884. The Morgan fingerprint density at radius 1 is 1.07 bits per heavy atom. The summed E-state index contributed by atoms with van der Waals surface area (Å²) in [7, 11) is 3.14. The average molecular weight is 396 g/mol. The van der Waals surface area contributed by atoms with Gasteiger partial charge < -0.3 is 14.6 Å². The van der Waals surface area contributed by atoms with E-state index < -0.39 is 5.97 Å². The Morgan fingerprint density at radius 2 is 1.83 bits per heavy atom. The molecule has 0 fully saturated rings. The Hall–Kier alpha value is -3.35. The lowest BCUT2D eigenvalue weighted by molar-refractivity contribution is -0.137. The largest absolute Gasteiger partial charge is 0.493 e. The number of nitrogens with zero attached hydrogens (tertiary/aromatic N) is 2. The number of hydrazone groups is 1. The van der Waals surface area contributed by atoms with Crippen molar-refractivity contribution in [2.24, 2.45) is 5.10 Å². The number of carbonyl (C=O) groups excluding carboxylic acids is 1. The third kappa shape index (κ3) is 4.56. The number of para-hydroxylation sites is 1. The molecule has 1 amide bonds. The maximum atomic E-state index is 12.8. The van der Waals surface area contributed by atoms with Crippen molar-refractivity contribution < 1.29 is 24.2 Å². The van der Waals surface area contributed by atoms with Crippen LogP contribution < -0.4 is 9.47 Å². The zero-order chi connectivity index (χ0) is 20.8. The summed E-state index contributed by atoms with van der Waals surface area (Å²) >= 11 is 0. The van der Waals surface area contributed by atoms with Gasteiger partial charge in [0.05, 0.1) is 26.0 Å². The van der Waals surface area contributed by atoms with E-state index in [-0.39, 0.29) is 31.2 Å². The number of carbonyl (C=O) groups is 2. The van der Waals surface area contributed by atoms with Crippen molar-refractivity contribution in [1.29, 1.82) is 0 Å². The lowest BCUT2D eigenvalue weighted by Gasteiger charge is -2.22. The molecule has 0 unspecified atom stereocenters. The summed E-state index contributed by atoms with van der Waals surface area (Å²) in [5.41, 5.74) is 2.47. The molecule has 152 valence electrons. The van der Waals surface area contributed by atoms with E-state index in [0.29, 0.717) is 17.9 Å². The molecule has 0 spiro atoms. The smallest absolute Gasteiger partial charge is 0.303 e. The van der Waals surface area contributed by atoms with Crippen LogP contribution >= 0.6 is 0 Å². The van der Waals surface area contributed by atoms with E-state index >= 15 is 0 Å². The molecule has 2 aromatic carbocycles. The van der Waals surface area contributed by atoms with Crippen LogP contribution in [0.15, 0.2) is 53.6 Å². The minimum absolute atomic E-state index is 0.0458. The molecule has 2 aromatic rings. The molecule has 0 bridgehead atoms. The van der Waals surface area contributed by atoms with E-state index in [2.05, 4.69) is 5.10 Å². The number of amides is 1. The minimum atomic E-state index is -0.913. The molecule has 0 aromatic heterocycles. The standard InChI is InChI=1S/C22H24N2O5/c1-28-19-11-6-10-16(22(19)29-2)17-14-18(15-8-4-3-5-9-15)24(23-17)20(25)12-7-13-21(26)27/h3-6,8-11,18H,7,12-14H2,1-2H3,(H,26,27)/t18-/m1/s1. The normalized spacial score (nSPS) is 15.7. The summed E-state index contributed by atoms with van der Waals surface area (Å²) in [4.78, 5) is 23.6. The number of methoxy groups -OCH3 is 2. The topological polar surface area (TPSA) is 88.4 Å². The maximum absolute atomic E-state index is 12.8. The second-order valence-corrected chi connectivity index (χ2v) is 6.70. The van der Waals surface area contributed by atoms with Gasteiger partial charge in [0, 0.05) is 24.8 Å². The Bertz CT molecular complexity index is 911. The van der Waals surface area contributed by atoms with Gasteiger partial charge in [0.25, 0.3) is 0 Å². The summed E-state index contributed by atoms with van der Waals surface area (Å²) < 4.78 is 10.9. The summed E-state index contributed by atoms with van der Waals surface area (Å²) in [5, 5.41) is 14.9. The summed E-state index contributed by atoms with van der Waals surface area (Å²) in [6.45, 7) is 0. The van der Waals surface area contributed by atoms with Crippen molar-refractivity contribution in [2.45, 2.75) is 31.7 Å². The quantitative estimate of drug-likeness (QED) is 0.736. The predicted molar refractivity (Wildman–Crippen MR) is 108 cm³/mol. The molecule has 7 heteroatoms. The number of aliphatic carboxylic acids is 1. The monoisotopic (exact) mass is 396 g/mol. The van der Waals surface area contributed by atoms with Crippen molar-refractivity contribution in [3.05, 3.63) is 59.7 Å². The molecule has 1 N–H and O–H groups in total. The zero-order valence-corrected chi connectivity index (χ0v) is 16.5. The van der Waals surface area contributed by atoms with Gasteiger partial charge in [-0.15, -0.1) is 0 Å². The van der Waals surface area contributed by atoms with E-state index in [4.69, 9.17) is 14.6 Å². The first kappa shape index (κ1) is 20.4. The third-order valence-electron chi connectivity index (χ3n) is 4.85. The molecule has 7 nitrogen and oxygen atoms in total. The Kier molecular flexibility index (Phi) is 6.49. The first-order valence-corrected chi connectivity index (χ1v) is 9.42. The van der Waals surface area contributed by atoms with Gasteiger partial charge in [-0.1, -0.05) is 36.4 Å². The van der Waals surface area contributed by atoms with Crippen LogP contribution in [-0.2, 0) is 9.59 Å². The van der Waals surface area contributed by atoms with E-state index in [9.17, 15) is 9.59 Å². The van der Waals surface area contributed by atoms with E-state index in [1.165, 1.54) is 5.01 Å². The van der Waals surface area contributed by atoms with Crippen LogP contribution in [0.1, 0.15) is 42.9 Å². The highest BCUT2D eigenvalue weighted by Gasteiger charge is 2.34. The number of hydrogen-bond acceptors (Lipinski definition) is 5. The number of carboxylic acid groups (broad SMARTS) is 1. The van der Waals surface area contributed by atoms with Crippen molar-refractivity contribution in [3.63, 3.8) is 0 Å². The number of carboxylic acids is 1. The Labute approximate surface area is 169 Å². The molecule has 29 heavy (non-hydrogen) atoms. The predicted octanol–water partition coefficient (Wildman–Crippen LogP) is 3.64. The zero-order valence-electron chi connectivity index (χ0n) is 16.5. The van der Waals surface area contributed by atoms with Crippen molar-refractivity contribution in [3.8, 4) is 11.5 Å². The van der Waals surface area contributed by atoms with Gasteiger partial charge in [0.1, 0.15) is 0 Å². The van der Waals surface area contributed by atoms with Gasteiger partial charge in [0.15, 0.2) is 11.5 Å². The second-order valence-electron chi connectivity index (χ2n) is 6.70. The molecule has 1 aliphatic heterocycles. The van der Waals surface area contributed by atoms with Crippen molar-refractivity contribution in [2.75, 3.05) is 14.2 Å². The summed E-state index contributed by atoms with van der Waals surface area (Å²) in [5.74, 6) is 0.0528. The van der Waals surface area contributed by atoms with Crippen molar-refractivity contribution in [1.82, 2.24) is 5.01 Å². The van der Waals surface area contributed by atoms with Crippen LogP contribution in [0.2, 0.25) is 0 Å². The van der Waals surface area contributed by atoms with Crippen LogP contribution in [0.25, 0.3) is 0 Å². The molecule has 0 saturated carbocycles. The maximum Gasteiger partial charge on any atom is 0.303 e. The van der Waals surface area contributed by atoms with Crippen LogP contribution in [0, 0.1) is 0 Å². The fourth-order valence-corrected chi connectivity index (χ4v) is 3.46. The van der Waals surface area contributed by atoms with E-state index in [1.807, 2.05) is 42.5 Å². The van der Waals surface area contributed by atoms with Gasteiger partial charge >= 0.3 is 5.97 Å². The van der Waals surface area contributed by atoms with Crippen LogP contribution in [-0.4, -0.2) is 41.9 Å². The van der Waals surface area contributed by atoms with Gasteiger partial charge in [-0.05, 0) is 24.1 Å². The Balaban J connectivity index is 1.93.